The van der Waals surface area contributed by atoms with E-state index < -0.39 is 10.0 Å². The Kier molecular flexibility index (Phi) is 4.18. The van der Waals surface area contributed by atoms with Crippen molar-refractivity contribution in [2.24, 2.45) is 0 Å². The van der Waals surface area contributed by atoms with Gasteiger partial charge >= 0.3 is 0 Å². The van der Waals surface area contributed by atoms with E-state index in [0.29, 0.717) is 6.54 Å². The molecular weight excluding hydrogens is 272 g/mol. The Hall–Kier alpha value is -0.730. The standard InChI is InChI=1S/C10H18N4O2S2/c1-8-12-10(17-13-8)14-6-4-3-5-9(14)7-11-18(2,15)16/h9,11H,3-7H2,1-2H3. The molecule has 1 aromatic rings. The predicted octanol–water partition coefficient (Wildman–Crippen LogP) is 0.755. The van der Waals surface area contributed by atoms with Gasteiger partial charge in [0.1, 0.15) is 5.82 Å². The number of sulfonamides is 1. The SMILES string of the molecule is Cc1nsc(N2CCCCC2CNS(C)(=O)=O)n1. The summed E-state index contributed by atoms with van der Waals surface area (Å²) in [7, 11) is -3.13. The van der Waals surface area contributed by atoms with Gasteiger partial charge in [0.2, 0.25) is 15.2 Å². The Morgan fingerprint density at radius 2 is 2.28 bits per heavy atom. The number of hydrogen-bond donors (Lipinski definition) is 1. The molecule has 6 nitrogen and oxygen atoms in total. The molecular formula is C10H18N4O2S2. The van der Waals surface area contributed by atoms with Crippen LogP contribution in [0, 0.1) is 6.92 Å². The van der Waals surface area contributed by atoms with Crippen molar-refractivity contribution in [3.63, 3.8) is 0 Å². The molecule has 1 saturated heterocycles. The summed E-state index contributed by atoms with van der Waals surface area (Å²) in [5.74, 6) is 0.774. The molecule has 0 amide bonds. The van der Waals surface area contributed by atoms with Crippen molar-refractivity contribution in [2.45, 2.75) is 32.2 Å². The van der Waals surface area contributed by atoms with Crippen LogP contribution in [-0.2, 0) is 10.0 Å². The molecule has 0 bridgehead atoms. The molecule has 8 heteroatoms. The van der Waals surface area contributed by atoms with Gasteiger partial charge < -0.3 is 4.90 Å². The Balaban J connectivity index is 2.06. The van der Waals surface area contributed by atoms with Crippen LogP contribution in [0.1, 0.15) is 25.1 Å². The number of piperidine rings is 1. The van der Waals surface area contributed by atoms with Crippen LogP contribution in [0.15, 0.2) is 0 Å². The van der Waals surface area contributed by atoms with E-state index in [-0.39, 0.29) is 6.04 Å². The Morgan fingerprint density at radius 3 is 2.89 bits per heavy atom. The van der Waals surface area contributed by atoms with E-state index in [2.05, 4.69) is 19.0 Å². The average molecular weight is 290 g/mol. The smallest absolute Gasteiger partial charge is 0.208 e. The maximum absolute atomic E-state index is 11.2. The van der Waals surface area contributed by atoms with Gasteiger partial charge in [-0.1, -0.05) is 0 Å². The number of aryl methyl sites for hydroxylation is 1. The van der Waals surface area contributed by atoms with Crippen molar-refractivity contribution in [1.82, 2.24) is 14.1 Å². The summed E-state index contributed by atoms with van der Waals surface area (Å²) >= 11 is 1.38. The van der Waals surface area contributed by atoms with Gasteiger partial charge in [-0.05, 0) is 26.2 Å². The quantitative estimate of drug-likeness (QED) is 0.886. The molecule has 1 N–H and O–H groups in total. The Morgan fingerprint density at radius 1 is 1.50 bits per heavy atom. The third-order valence-corrected chi connectivity index (χ3v) is 4.51. The van der Waals surface area contributed by atoms with Crippen LogP contribution in [0.25, 0.3) is 0 Å². The van der Waals surface area contributed by atoms with Crippen LogP contribution in [0.2, 0.25) is 0 Å². The van der Waals surface area contributed by atoms with Gasteiger partial charge in [-0.2, -0.15) is 4.37 Å². The molecule has 1 aliphatic heterocycles. The summed E-state index contributed by atoms with van der Waals surface area (Å²) in [5, 5.41) is 0.896. The maximum Gasteiger partial charge on any atom is 0.208 e. The van der Waals surface area contributed by atoms with Crippen molar-refractivity contribution in [1.29, 1.82) is 0 Å². The monoisotopic (exact) mass is 290 g/mol. The first kappa shape index (κ1) is 13.7. The Labute approximate surface area is 112 Å². The van der Waals surface area contributed by atoms with E-state index in [9.17, 15) is 8.42 Å². The van der Waals surface area contributed by atoms with Crippen molar-refractivity contribution >= 4 is 26.7 Å². The predicted molar refractivity (Wildman–Crippen MR) is 72.5 cm³/mol. The summed E-state index contributed by atoms with van der Waals surface area (Å²) in [6, 6.07) is 0.181. The second-order valence-corrected chi connectivity index (χ2v) is 7.15. The molecule has 1 atom stereocenters. The van der Waals surface area contributed by atoms with Crippen LogP contribution in [0.3, 0.4) is 0 Å². The zero-order valence-corrected chi connectivity index (χ0v) is 12.2. The summed E-state index contributed by atoms with van der Waals surface area (Å²) < 4.78 is 29.1. The second-order valence-electron chi connectivity index (χ2n) is 4.59. The molecule has 18 heavy (non-hydrogen) atoms. The van der Waals surface area contributed by atoms with Crippen molar-refractivity contribution in [3.05, 3.63) is 5.82 Å². The van der Waals surface area contributed by atoms with Gasteiger partial charge in [-0.25, -0.2) is 18.1 Å². The molecule has 0 aliphatic carbocycles. The zero-order chi connectivity index (χ0) is 13.2. The van der Waals surface area contributed by atoms with Crippen molar-refractivity contribution < 1.29 is 8.42 Å². The number of hydrogen-bond acceptors (Lipinski definition) is 6. The van der Waals surface area contributed by atoms with E-state index in [1.165, 1.54) is 17.8 Å². The average Bonchev–Trinajstić information content (AvgIpc) is 2.72. The lowest BCUT2D eigenvalue weighted by atomic mass is 10.0. The first-order valence-electron chi connectivity index (χ1n) is 5.97. The highest BCUT2D eigenvalue weighted by Gasteiger charge is 2.25. The minimum absolute atomic E-state index is 0.181. The molecule has 0 spiro atoms. The fourth-order valence-corrected chi connectivity index (χ4v) is 3.38. The minimum Gasteiger partial charge on any atom is -0.343 e. The molecule has 2 rings (SSSR count). The highest BCUT2D eigenvalue weighted by atomic mass is 32.2. The van der Waals surface area contributed by atoms with Crippen molar-refractivity contribution in [3.8, 4) is 0 Å². The highest BCUT2D eigenvalue weighted by molar-refractivity contribution is 7.88. The normalized spacial score (nSPS) is 21.2. The molecule has 0 radical (unpaired) electrons. The summed E-state index contributed by atoms with van der Waals surface area (Å²) in [6.45, 7) is 3.23. The summed E-state index contributed by atoms with van der Waals surface area (Å²) in [6.07, 6.45) is 4.43. The largest absolute Gasteiger partial charge is 0.343 e. The number of anilines is 1. The van der Waals surface area contributed by atoms with Crippen LogP contribution >= 0.6 is 11.5 Å². The van der Waals surface area contributed by atoms with E-state index in [1.54, 1.807) is 0 Å². The van der Waals surface area contributed by atoms with E-state index >= 15 is 0 Å². The summed E-state index contributed by atoms with van der Waals surface area (Å²) in [5.41, 5.74) is 0. The molecule has 0 saturated carbocycles. The highest BCUT2D eigenvalue weighted by Crippen LogP contribution is 2.25. The molecule has 102 valence electrons. The van der Waals surface area contributed by atoms with Gasteiger partial charge in [0.25, 0.3) is 0 Å². The lowest BCUT2D eigenvalue weighted by Crippen LogP contribution is -2.46. The van der Waals surface area contributed by atoms with Crippen LogP contribution < -0.4 is 9.62 Å². The molecule has 1 aromatic heterocycles. The van der Waals surface area contributed by atoms with Gasteiger partial charge in [0, 0.05) is 30.7 Å². The fraction of sp³-hybridized carbons (Fsp3) is 0.800. The van der Waals surface area contributed by atoms with E-state index in [0.717, 1.165) is 36.8 Å². The van der Waals surface area contributed by atoms with E-state index in [1.807, 2.05) is 6.92 Å². The lowest BCUT2D eigenvalue weighted by Gasteiger charge is -2.35. The van der Waals surface area contributed by atoms with Gasteiger partial charge in [0.05, 0.1) is 6.26 Å². The minimum atomic E-state index is -3.13. The molecule has 1 unspecified atom stereocenters. The topological polar surface area (TPSA) is 75.2 Å². The molecule has 2 heterocycles. The lowest BCUT2D eigenvalue weighted by molar-refractivity contribution is 0.453. The molecule has 1 fully saturated rings. The first-order chi connectivity index (χ1) is 8.46. The van der Waals surface area contributed by atoms with Crippen LogP contribution in [0.5, 0.6) is 0 Å². The number of nitrogens with zero attached hydrogens (tertiary/aromatic N) is 3. The summed E-state index contributed by atoms with van der Waals surface area (Å²) in [4.78, 5) is 6.56. The number of rotatable bonds is 4. The maximum atomic E-state index is 11.2. The Bertz CT molecular complexity index is 500. The van der Waals surface area contributed by atoms with Gasteiger partial charge in [-0.3, -0.25) is 0 Å². The third-order valence-electron chi connectivity index (χ3n) is 2.97. The first-order valence-corrected chi connectivity index (χ1v) is 8.64. The fourth-order valence-electron chi connectivity index (χ4n) is 2.11. The molecule has 0 aromatic carbocycles. The van der Waals surface area contributed by atoms with E-state index in [4.69, 9.17) is 0 Å². The number of nitrogens with one attached hydrogen (secondary N) is 1. The zero-order valence-electron chi connectivity index (χ0n) is 10.6. The number of aromatic nitrogens is 2. The second kappa shape index (κ2) is 5.50. The van der Waals surface area contributed by atoms with Crippen LogP contribution in [0.4, 0.5) is 5.13 Å². The van der Waals surface area contributed by atoms with Crippen molar-refractivity contribution in [2.75, 3.05) is 24.2 Å². The third kappa shape index (κ3) is 3.63. The van der Waals surface area contributed by atoms with Gasteiger partial charge in [-0.15, -0.1) is 0 Å². The molecule has 1 aliphatic rings. The van der Waals surface area contributed by atoms with Crippen LogP contribution in [-0.4, -0.2) is 43.2 Å². The van der Waals surface area contributed by atoms with Gasteiger partial charge in [0.15, 0.2) is 0 Å².